The molecule has 12 nitrogen and oxygen atoms in total. The molecule has 182 valence electrons. The number of ether oxygens (including phenoxy) is 4. The van der Waals surface area contributed by atoms with Crippen molar-refractivity contribution < 1.29 is 23.9 Å². The maximum Gasteiger partial charge on any atom is 0.349 e. The number of aromatic nitrogens is 2. The zero-order chi connectivity index (χ0) is 25.2. The molecule has 0 unspecified atom stereocenters. The van der Waals surface area contributed by atoms with Gasteiger partial charge in [-0.05, 0) is 35.9 Å². The number of rotatable bonds is 7. The van der Waals surface area contributed by atoms with Crippen LogP contribution in [0.25, 0.3) is 10.9 Å². The number of H-pyrrole nitrogens is 1. The maximum atomic E-state index is 12.7. The van der Waals surface area contributed by atoms with E-state index in [9.17, 15) is 19.7 Å². The van der Waals surface area contributed by atoms with Gasteiger partial charge in [0.2, 0.25) is 12.5 Å². The van der Waals surface area contributed by atoms with Crippen molar-refractivity contribution in [1.82, 2.24) is 9.66 Å². The Morgan fingerprint density at radius 3 is 2.75 bits per heavy atom. The lowest BCUT2D eigenvalue weighted by atomic mass is 10.1. The third-order valence-corrected chi connectivity index (χ3v) is 5.40. The Labute approximate surface area is 202 Å². The van der Waals surface area contributed by atoms with Crippen LogP contribution in [-0.2, 0) is 6.61 Å². The largest absolute Gasteiger partial charge is 0.493 e. The first-order valence-electron chi connectivity index (χ1n) is 10.6. The van der Waals surface area contributed by atoms with Gasteiger partial charge in [0.1, 0.15) is 6.61 Å². The zero-order valence-corrected chi connectivity index (χ0v) is 18.8. The fraction of sp³-hybridized carbons (Fsp3) is 0.125. The van der Waals surface area contributed by atoms with E-state index in [0.717, 1.165) is 6.21 Å². The molecule has 1 aliphatic rings. The number of para-hydroxylation sites is 1. The summed E-state index contributed by atoms with van der Waals surface area (Å²) in [6, 6.07) is 14.4. The van der Waals surface area contributed by atoms with Gasteiger partial charge in [-0.25, -0.2) is 4.79 Å². The topological polar surface area (TPSA) is 147 Å². The molecule has 0 saturated heterocycles. The summed E-state index contributed by atoms with van der Waals surface area (Å²) in [5.74, 6) is 1.16. The van der Waals surface area contributed by atoms with E-state index in [-0.39, 0.29) is 41.5 Å². The molecule has 1 aliphatic heterocycles. The van der Waals surface area contributed by atoms with Crippen molar-refractivity contribution in [3.63, 3.8) is 0 Å². The lowest BCUT2D eigenvalue weighted by Gasteiger charge is -2.12. The van der Waals surface area contributed by atoms with Crippen LogP contribution in [0.2, 0.25) is 0 Å². The summed E-state index contributed by atoms with van der Waals surface area (Å²) in [5.41, 5.74) is -0.461. The summed E-state index contributed by atoms with van der Waals surface area (Å²) in [7, 11) is 1.34. The summed E-state index contributed by atoms with van der Waals surface area (Å²) < 4.78 is 22.3. The molecule has 5 rings (SSSR count). The maximum absolute atomic E-state index is 12.7. The van der Waals surface area contributed by atoms with Crippen molar-refractivity contribution in [2.75, 3.05) is 13.9 Å². The number of hydrogen-bond acceptors (Lipinski definition) is 9. The Hall–Kier alpha value is -5.13. The number of fused-ring (bicyclic) bond motifs is 2. The smallest absolute Gasteiger partial charge is 0.349 e. The molecule has 1 aromatic heterocycles. The highest BCUT2D eigenvalue weighted by molar-refractivity contribution is 5.83. The van der Waals surface area contributed by atoms with Gasteiger partial charge >= 0.3 is 11.4 Å². The first kappa shape index (κ1) is 22.7. The van der Waals surface area contributed by atoms with E-state index in [1.54, 1.807) is 42.5 Å². The van der Waals surface area contributed by atoms with E-state index in [0.29, 0.717) is 27.3 Å². The number of aromatic amines is 1. The SMILES string of the molecule is COc1cc(C=Nn2c(=O)[nH]c3ccccc3c2=O)cc([N+](=O)[O-])c1OCc1ccc2c(c1)OCO2. The van der Waals surface area contributed by atoms with Crippen molar-refractivity contribution in [3.05, 3.63) is 96.7 Å². The van der Waals surface area contributed by atoms with E-state index >= 15 is 0 Å². The van der Waals surface area contributed by atoms with E-state index in [1.165, 1.54) is 19.2 Å². The number of methoxy groups -OCH3 is 1. The van der Waals surface area contributed by atoms with Gasteiger partial charge in [0, 0.05) is 11.6 Å². The molecular formula is C24H18N4O8. The molecule has 0 spiro atoms. The predicted molar refractivity (Wildman–Crippen MR) is 128 cm³/mol. The van der Waals surface area contributed by atoms with Crippen molar-refractivity contribution >= 4 is 22.8 Å². The Morgan fingerprint density at radius 1 is 1.14 bits per heavy atom. The van der Waals surface area contributed by atoms with E-state index in [4.69, 9.17) is 18.9 Å². The molecule has 2 heterocycles. The molecule has 0 atom stereocenters. The van der Waals surface area contributed by atoms with Gasteiger partial charge in [-0.1, -0.05) is 18.2 Å². The first-order valence-corrected chi connectivity index (χ1v) is 10.6. The normalized spacial score (nSPS) is 12.2. The number of nitro groups is 1. The number of benzene rings is 3. The third-order valence-electron chi connectivity index (χ3n) is 5.40. The first-order chi connectivity index (χ1) is 17.4. The highest BCUT2D eigenvalue weighted by Gasteiger charge is 2.23. The molecule has 0 fully saturated rings. The van der Waals surface area contributed by atoms with Crippen molar-refractivity contribution in [1.29, 1.82) is 0 Å². The molecule has 0 bridgehead atoms. The van der Waals surface area contributed by atoms with Gasteiger partial charge in [-0.2, -0.15) is 5.10 Å². The molecule has 36 heavy (non-hydrogen) atoms. The van der Waals surface area contributed by atoms with Crippen LogP contribution >= 0.6 is 0 Å². The molecule has 3 aromatic carbocycles. The third kappa shape index (κ3) is 4.22. The molecular weight excluding hydrogens is 472 g/mol. The van der Waals surface area contributed by atoms with E-state index in [1.807, 2.05) is 0 Å². The molecule has 4 aromatic rings. The second-order valence-corrected chi connectivity index (χ2v) is 7.64. The van der Waals surface area contributed by atoms with Gasteiger partial charge < -0.3 is 23.9 Å². The molecule has 0 saturated carbocycles. The fourth-order valence-electron chi connectivity index (χ4n) is 3.68. The summed E-state index contributed by atoms with van der Waals surface area (Å²) >= 11 is 0. The van der Waals surface area contributed by atoms with Gasteiger partial charge in [0.05, 0.1) is 29.2 Å². The monoisotopic (exact) mass is 490 g/mol. The Kier molecular flexibility index (Phi) is 5.82. The van der Waals surface area contributed by atoms with Crippen molar-refractivity contribution in [2.24, 2.45) is 5.10 Å². The van der Waals surface area contributed by atoms with Gasteiger partial charge in [-0.15, -0.1) is 4.68 Å². The summed E-state index contributed by atoms with van der Waals surface area (Å²) in [4.78, 5) is 38.8. The molecule has 0 radical (unpaired) electrons. The van der Waals surface area contributed by atoms with Crippen molar-refractivity contribution in [3.8, 4) is 23.0 Å². The second kappa shape index (κ2) is 9.25. The number of hydrogen-bond donors (Lipinski definition) is 1. The molecule has 12 heteroatoms. The number of nitrogens with one attached hydrogen (secondary N) is 1. The highest BCUT2D eigenvalue weighted by atomic mass is 16.7. The van der Waals surface area contributed by atoms with Crippen LogP contribution in [0, 0.1) is 10.1 Å². The summed E-state index contributed by atoms with van der Waals surface area (Å²) in [6.45, 7) is 0.127. The second-order valence-electron chi connectivity index (χ2n) is 7.64. The number of nitro benzene ring substituents is 1. The number of nitrogens with zero attached hydrogens (tertiary/aromatic N) is 3. The standard InChI is InChI=1S/C24H18N4O8/c1-33-21-10-15(11-25-27-23(29)16-4-2-3-5-17(16)26-24(27)30)8-18(28(31)32)22(21)34-12-14-6-7-19-20(9-14)36-13-35-19/h2-11H,12-13H2,1H3,(H,26,30). The Balaban J connectivity index is 1.47. The van der Waals surface area contributed by atoms with Crippen LogP contribution in [0.4, 0.5) is 5.69 Å². The Bertz CT molecular complexity index is 1640. The average molecular weight is 490 g/mol. The minimum atomic E-state index is -0.750. The summed E-state index contributed by atoms with van der Waals surface area (Å²) in [6.07, 6.45) is 1.16. The van der Waals surface area contributed by atoms with Gasteiger partial charge in [0.15, 0.2) is 17.2 Å². The van der Waals surface area contributed by atoms with Gasteiger partial charge in [-0.3, -0.25) is 14.9 Å². The lowest BCUT2D eigenvalue weighted by Crippen LogP contribution is -2.32. The van der Waals surface area contributed by atoms with Gasteiger partial charge in [0.25, 0.3) is 5.56 Å². The molecule has 1 N–H and O–H groups in total. The lowest BCUT2D eigenvalue weighted by molar-refractivity contribution is -0.386. The highest BCUT2D eigenvalue weighted by Crippen LogP contribution is 2.39. The average Bonchev–Trinajstić information content (AvgIpc) is 3.35. The fourth-order valence-corrected chi connectivity index (χ4v) is 3.68. The van der Waals surface area contributed by atoms with E-state index < -0.39 is 16.2 Å². The van der Waals surface area contributed by atoms with Crippen LogP contribution in [0.5, 0.6) is 23.0 Å². The van der Waals surface area contributed by atoms with Crippen LogP contribution in [0.3, 0.4) is 0 Å². The minimum Gasteiger partial charge on any atom is -0.493 e. The van der Waals surface area contributed by atoms with Crippen LogP contribution in [0.15, 0.2) is 69.3 Å². The van der Waals surface area contributed by atoms with Crippen LogP contribution in [-0.4, -0.2) is 34.7 Å². The van der Waals surface area contributed by atoms with E-state index in [2.05, 4.69) is 10.1 Å². The van der Waals surface area contributed by atoms with Crippen LogP contribution in [0.1, 0.15) is 11.1 Å². The quantitative estimate of drug-likeness (QED) is 0.236. The molecule has 0 aliphatic carbocycles. The van der Waals surface area contributed by atoms with Crippen LogP contribution < -0.4 is 30.2 Å². The zero-order valence-electron chi connectivity index (χ0n) is 18.8. The minimum absolute atomic E-state index is 0.00311. The van der Waals surface area contributed by atoms with Crippen molar-refractivity contribution in [2.45, 2.75) is 6.61 Å². The summed E-state index contributed by atoms with van der Waals surface area (Å²) in [5, 5.41) is 16.0. The Morgan fingerprint density at radius 2 is 1.94 bits per heavy atom. The predicted octanol–water partition coefficient (Wildman–Crippen LogP) is 2.80. The molecule has 0 amide bonds.